The maximum Gasteiger partial charge on any atom is 0.407 e. The Morgan fingerprint density at radius 3 is 2.11 bits per heavy atom. The van der Waals surface area contributed by atoms with E-state index in [4.69, 9.17) is 15.2 Å². The highest BCUT2D eigenvalue weighted by Crippen LogP contribution is 2.30. The number of Topliss-reactive ketones (excluding diaryl/α,β-unsaturated/α-hetero) is 1. The molecule has 7 amide bonds. The number of ether oxygens (including phenoxy) is 2. The number of primary amides is 1. The number of alkyl carbamates (subject to hydrolysis) is 1. The first-order valence-corrected chi connectivity index (χ1v) is 22.2. The number of hydrogen-bond acceptors (Lipinski definition) is 11. The van der Waals surface area contributed by atoms with Gasteiger partial charge in [0, 0.05) is 19.5 Å². The summed E-state index contributed by atoms with van der Waals surface area (Å²) in [5.41, 5.74) is 6.74. The molecular formula is C46H63N7O12. The summed E-state index contributed by atoms with van der Waals surface area (Å²) in [6.45, 7) is 4.96. The Morgan fingerprint density at radius 2 is 1.48 bits per heavy atom. The zero-order valence-electron chi connectivity index (χ0n) is 37.3. The predicted molar refractivity (Wildman–Crippen MR) is 235 cm³/mol. The van der Waals surface area contributed by atoms with Gasteiger partial charge < -0.3 is 51.8 Å². The smallest absolute Gasteiger partial charge is 0.407 e. The van der Waals surface area contributed by atoms with Crippen molar-refractivity contribution in [3.8, 4) is 0 Å². The summed E-state index contributed by atoms with van der Waals surface area (Å²) >= 11 is 0. The van der Waals surface area contributed by atoms with Crippen molar-refractivity contribution in [1.82, 2.24) is 31.5 Å². The van der Waals surface area contributed by atoms with Crippen molar-refractivity contribution in [3.05, 3.63) is 71.8 Å². The summed E-state index contributed by atoms with van der Waals surface area (Å²) in [5.74, 6) is -8.19. The molecule has 1 saturated carbocycles. The van der Waals surface area contributed by atoms with E-state index in [1.807, 2.05) is 44.2 Å². The molecule has 0 bridgehead atoms. The molecule has 7 atom stereocenters. The average molecular weight is 906 g/mol. The molecule has 19 nitrogen and oxygen atoms in total. The van der Waals surface area contributed by atoms with Gasteiger partial charge >= 0.3 is 12.1 Å². The summed E-state index contributed by atoms with van der Waals surface area (Å²) in [7, 11) is 0. The number of ketones is 1. The van der Waals surface area contributed by atoms with Crippen molar-refractivity contribution in [2.45, 2.75) is 115 Å². The summed E-state index contributed by atoms with van der Waals surface area (Å²) in [4.78, 5) is 119. The second kappa shape index (κ2) is 25.8. The Balaban J connectivity index is 1.48. The second-order valence-corrected chi connectivity index (χ2v) is 16.8. The third kappa shape index (κ3) is 16.0. The van der Waals surface area contributed by atoms with Crippen LogP contribution in [0.3, 0.4) is 0 Å². The molecule has 0 spiro atoms. The lowest BCUT2D eigenvalue weighted by molar-refractivity contribution is -0.148. The van der Waals surface area contributed by atoms with E-state index in [1.54, 1.807) is 37.3 Å². The molecule has 1 aliphatic carbocycles. The van der Waals surface area contributed by atoms with Crippen molar-refractivity contribution in [1.29, 1.82) is 0 Å². The highest BCUT2D eigenvalue weighted by atomic mass is 16.5. The zero-order chi connectivity index (χ0) is 47.5. The standard InChI is InChI=1S/C46H63N7O12/c1-4-14-34(39(55)43(59)49-24-37(54)52-38(40(47)56)30-17-9-6-10-18-30)50-42(58)36-23-31(64-27-29-15-7-5-8-16-29)25-53(36)44(60)35(51-46(63)65-26-28(2)3)21-13-22-48-41(57)32-19-11-12-20-33(32)45(61)62/h5-10,15-18,28,31-36,38H,4,11-14,19-27H2,1-3H3,(H2,47,56)(H,48,57)(H,49,59)(H,50,58)(H,51,63)(H,52,54)(H,61,62). The number of carboxylic acids is 1. The van der Waals surface area contributed by atoms with Crippen LogP contribution in [0.2, 0.25) is 0 Å². The van der Waals surface area contributed by atoms with E-state index < -0.39 is 102 Å². The zero-order valence-corrected chi connectivity index (χ0v) is 37.3. The second-order valence-electron chi connectivity index (χ2n) is 16.8. The topological polar surface area (TPSA) is 282 Å². The number of carbonyl (C=O) groups excluding carboxylic acids is 8. The number of hydrogen-bond donors (Lipinski definition) is 7. The number of nitrogens with two attached hydrogens (primary N) is 1. The van der Waals surface area contributed by atoms with Gasteiger partial charge in [-0.2, -0.15) is 0 Å². The minimum Gasteiger partial charge on any atom is -0.481 e. The van der Waals surface area contributed by atoms with E-state index in [0.29, 0.717) is 24.8 Å². The first-order valence-electron chi connectivity index (χ1n) is 22.2. The number of rotatable bonds is 24. The molecule has 4 rings (SSSR count). The Morgan fingerprint density at radius 1 is 0.815 bits per heavy atom. The van der Waals surface area contributed by atoms with E-state index in [9.17, 15) is 48.3 Å². The third-order valence-corrected chi connectivity index (χ3v) is 11.3. The van der Waals surface area contributed by atoms with Gasteiger partial charge in [0.15, 0.2) is 0 Å². The fraction of sp³-hybridized carbons (Fsp3) is 0.543. The van der Waals surface area contributed by atoms with Crippen LogP contribution in [0.25, 0.3) is 0 Å². The fourth-order valence-electron chi connectivity index (χ4n) is 7.88. The summed E-state index contributed by atoms with van der Waals surface area (Å²) in [6, 6.07) is 12.4. The van der Waals surface area contributed by atoms with Crippen LogP contribution in [0.5, 0.6) is 0 Å². The van der Waals surface area contributed by atoms with Gasteiger partial charge in [-0.25, -0.2) is 4.79 Å². The fourth-order valence-corrected chi connectivity index (χ4v) is 7.88. The molecule has 1 aliphatic heterocycles. The molecule has 8 N–H and O–H groups in total. The van der Waals surface area contributed by atoms with E-state index in [-0.39, 0.29) is 57.9 Å². The molecule has 65 heavy (non-hydrogen) atoms. The van der Waals surface area contributed by atoms with Gasteiger partial charge in [0.05, 0.1) is 43.7 Å². The predicted octanol–water partition coefficient (Wildman–Crippen LogP) is 2.02. The van der Waals surface area contributed by atoms with E-state index in [0.717, 1.165) is 18.4 Å². The molecule has 7 unspecified atom stereocenters. The number of aliphatic carboxylic acids is 1. The van der Waals surface area contributed by atoms with Crippen LogP contribution in [0.4, 0.5) is 4.79 Å². The molecule has 2 fully saturated rings. The molecule has 1 heterocycles. The molecule has 354 valence electrons. The van der Waals surface area contributed by atoms with Crippen molar-refractivity contribution in [2.24, 2.45) is 23.5 Å². The Hall–Kier alpha value is -6.37. The van der Waals surface area contributed by atoms with E-state index in [2.05, 4.69) is 26.6 Å². The maximum atomic E-state index is 14.5. The number of nitrogens with zero attached hydrogens (tertiary/aromatic N) is 1. The van der Waals surface area contributed by atoms with Crippen LogP contribution in [-0.4, -0.2) is 114 Å². The Kier molecular flexibility index (Phi) is 20.4. The molecule has 0 radical (unpaired) electrons. The van der Waals surface area contributed by atoms with Gasteiger partial charge in [-0.05, 0) is 49.1 Å². The number of amides is 7. The average Bonchev–Trinajstić information content (AvgIpc) is 3.74. The lowest BCUT2D eigenvalue weighted by Gasteiger charge is -2.30. The molecule has 2 aromatic rings. The van der Waals surface area contributed by atoms with Gasteiger partial charge in [0.25, 0.3) is 5.91 Å². The number of nitrogens with one attached hydrogen (secondary N) is 5. The van der Waals surface area contributed by atoms with Crippen LogP contribution in [-0.2, 0) is 54.4 Å². The van der Waals surface area contributed by atoms with Gasteiger partial charge in [-0.1, -0.05) is 101 Å². The third-order valence-electron chi connectivity index (χ3n) is 11.3. The van der Waals surface area contributed by atoms with Crippen LogP contribution < -0.4 is 32.3 Å². The van der Waals surface area contributed by atoms with Crippen LogP contribution >= 0.6 is 0 Å². The summed E-state index contributed by atoms with van der Waals surface area (Å²) < 4.78 is 11.5. The van der Waals surface area contributed by atoms with Crippen LogP contribution in [0.1, 0.15) is 95.7 Å². The lowest BCUT2D eigenvalue weighted by atomic mass is 9.78. The molecule has 1 saturated heterocycles. The van der Waals surface area contributed by atoms with Crippen molar-refractivity contribution in [2.75, 3.05) is 26.2 Å². The van der Waals surface area contributed by atoms with Crippen LogP contribution in [0.15, 0.2) is 60.7 Å². The molecule has 2 aromatic carbocycles. The summed E-state index contributed by atoms with van der Waals surface area (Å²) in [5, 5.41) is 22.4. The maximum absolute atomic E-state index is 14.5. The van der Waals surface area contributed by atoms with Crippen molar-refractivity contribution >= 4 is 53.3 Å². The number of likely N-dealkylation sites (tertiary alicyclic amines) is 1. The lowest BCUT2D eigenvalue weighted by Crippen LogP contribution is -2.56. The number of benzene rings is 2. The Labute approximate surface area is 378 Å². The molecule has 19 heteroatoms. The summed E-state index contributed by atoms with van der Waals surface area (Å²) in [6.07, 6.45) is 1.34. The van der Waals surface area contributed by atoms with Crippen LogP contribution in [0, 0.1) is 17.8 Å². The van der Waals surface area contributed by atoms with E-state index >= 15 is 0 Å². The van der Waals surface area contributed by atoms with Crippen molar-refractivity contribution in [3.63, 3.8) is 0 Å². The van der Waals surface area contributed by atoms with E-state index in [1.165, 1.54) is 4.90 Å². The minimum absolute atomic E-state index is 0.000470. The van der Waals surface area contributed by atoms with Gasteiger partial charge in [0.2, 0.25) is 35.3 Å². The molecule has 2 aliphatic rings. The number of carboxylic acid groups (broad SMARTS) is 1. The Bertz CT molecular complexity index is 1970. The first kappa shape index (κ1) is 51.3. The van der Waals surface area contributed by atoms with Gasteiger partial charge in [0.1, 0.15) is 18.1 Å². The largest absolute Gasteiger partial charge is 0.481 e. The first-order chi connectivity index (χ1) is 31.1. The van der Waals surface area contributed by atoms with Crippen molar-refractivity contribution < 1.29 is 57.7 Å². The highest BCUT2D eigenvalue weighted by Gasteiger charge is 2.44. The monoisotopic (exact) mass is 905 g/mol. The molecular weight excluding hydrogens is 843 g/mol. The van der Waals surface area contributed by atoms with Gasteiger partial charge in [-0.15, -0.1) is 0 Å². The quantitative estimate of drug-likeness (QED) is 0.0589. The molecule has 0 aromatic heterocycles. The number of carbonyl (C=O) groups is 9. The SMILES string of the molecule is CCCC(NC(=O)C1CC(OCc2ccccc2)CN1C(=O)C(CCCNC(=O)C1CCCCC1C(=O)O)NC(=O)OCC(C)C)C(=O)C(=O)NCC(=O)NC(C(N)=O)c1ccccc1. The van der Waals surface area contributed by atoms with Gasteiger partial charge in [-0.3, -0.25) is 38.4 Å². The normalized spacial score (nSPS) is 19.5. The minimum atomic E-state index is -1.35. The highest BCUT2D eigenvalue weighted by molar-refractivity contribution is 6.38.